The fourth-order valence-electron chi connectivity index (χ4n) is 2.47. The smallest absolute Gasteiger partial charge is 0.123 e. The second kappa shape index (κ2) is 7.65. The van der Waals surface area contributed by atoms with Gasteiger partial charge in [-0.1, -0.05) is 71.2 Å². The first-order valence-corrected chi connectivity index (χ1v) is 8.44. The predicted octanol–water partition coefficient (Wildman–Crippen LogP) is 5.83. The van der Waals surface area contributed by atoms with Crippen molar-refractivity contribution in [2.24, 2.45) is 0 Å². The molecule has 0 saturated heterocycles. The molecule has 1 nitrogen and oxygen atoms in total. The molecule has 0 heterocycles. The van der Waals surface area contributed by atoms with Crippen LogP contribution in [0.25, 0.3) is 0 Å². The van der Waals surface area contributed by atoms with Crippen molar-refractivity contribution in [3.63, 3.8) is 0 Å². The van der Waals surface area contributed by atoms with Gasteiger partial charge in [-0.25, -0.2) is 0 Å². The van der Waals surface area contributed by atoms with E-state index >= 15 is 0 Å². The third-order valence-electron chi connectivity index (χ3n) is 3.75. The second-order valence-corrected chi connectivity index (χ2v) is 6.37. The summed E-state index contributed by atoms with van der Waals surface area (Å²) in [6.45, 7) is 4.34. The molecule has 0 saturated carbocycles. The van der Waals surface area contributed by atoms with E-state index in [4.69, 9.17) is 4.74 Å². The number of hydrogen-bond acceptors (Lipinski definition) is 1. The molecule has 2 rings (SSSR count). The zero-order valence-corrected chi connectivity index (χ0v) is 14.6. The average Bonchev–Trinajstić information content (AvgIpc) is 2.52. The third kappa shape index (κ3) is 4.10. The Morgan fingerprint density at radius 2 is 1.81 bits per heavy atom. The third-order valence-corrected chi connectivity index (χ3v) is 4.77. The van der Waals surface area contributed by atoms with Crippen LogP contribution in [0.4, 0.5) is 0 Å². The van der Waals surface area contributed by atoms with Crippen LogP contribution in [0.5, 0.6) is 5.75 Å². The SMILES string of the molecule is CCCCc1ccc(C(Br)c2cc(C)ccc2OC)cc1. The molecule has 1 unspecified atom stereocenters. The van der Waals surface area contributed by atoms with Gasteiger partial charge in [0.15, 0.2) is 0 Å². The van der Waals surface area contributed by atoms with Gasteiger partial charge in [0.25, 0.3) is 0 Å². The molecule has 0 radical (unpaired) electrons. The lowest BCUT2D eigenvalue weighted by Crippen LogP contribution is -1.98. The first kappa shape index (κ1) is 16.1. The fraction of sp³-hybridized carbons (Fsp3) is 0.368. The van der Waals surface area contributed by atoms with E-state index in [0.717, 1.165) is 12.2 Å². The minimum Gasteiger partial charge on any atom is -0.496 e. The summed E-state index contributed by atoms with van der Waals surface area (Å²) in [5.41, 5.74) is 5.10. The van der Waals surface area contributed by atoms with E-state index in [1.165, 1.54) is 35.1 Å². The van der Waals surface area contributed by atoms with E-state index < -0.39 is 0 Å². The van der Waals surface area contributed by atoms with E-state index in [-0.39, 0.29) is 4.83 Å². The van der Waals surface area contributed by atoms with Gasteiger partial charge in [0.1, 0.15) is 5.75 Å². The standard InChI is InChI=1S/C19H23BrO/c1-4-5-6-15-8-10-16(11-9-15)19(20)17-13-14(2)7-12-18(17)21-3/h7-13,19H,4-6H2,1-3H3. The van der Waals surface area contributed by atoms with Crippen molar-refractivity contribution in [3.05, 3.63) is 64.7 Å². The number of unbranched alkanes of at least 4 members (excludes halogenated alkanes) is 1. The second-order valence-electron chi connectivity index (χ2n) is 5.45. The number of benzene rings is 2. The molecule has 21 heavy (non-hydrogen) atoms. The van der Waals surface area contributed by atoms with Crippen LogP contribution in [0.2, 0.25) is 0 Å². The molecule has 0 N–H and O–H groups in total. The van der Waals surface area contributed by atoms with Gasteiger partial charge in [-0.05, 0) is 37.0 Å². The Morgan fingerprint density at radius 3 is 2.43 bits per heavy atom. The highest BCUT2D eigenvalue weighted by atomic mass is 79.9. The summed E-state index contributed by atoms with van der Waals surface area (Å²) >= 11 is 3.82. The monoisotopic (exact) mass is 346 g/mol. The van der Waals surface area contributed by atoms with Crippen LogP contribution in [-0.2, 0) is 6.42 Å². The van der Waals surface area contributed by atoms with Gasteiger partial charge in [-0.2, -0.15) is 0 Å². The summed E-state index contributed by atoms with van der Waals surface area (Å²) in [5.74, 6) is 0.928. The van der Waals surface area contributed by atoms with E-state index in [1.54, 1.807) is 7.11 Å². The van der Waals surface area contributed by atoms with Crippen LogP contribution in [0.1, 0.15) is 46.8 Å². The number of methoxy groups -OCH3 is 1. The summed E-state index contributed by atoms with van der Waals surface area (Å²) in [6, 6.07) is 15.2. The van der Waals surface area contributed by atoms with Crippen molar-refractivity contribution in [3.8, 4) is 5.75 Å². The number of rotatable bonds is 6. The Morgan fingerprint density at radius 1 is 1.10 bits per heavy atom. The number of aryl methyl sites for hydroxylation is 2. The molecule has 0 aliphatic carbocycles. The maximum Gasteiger partial charge on any atom is 0.123 e. The van der Waals surface area contributed by atoms with E-state index in [2.05, 4.69) is 66.2 Å². The summed E-state index contributed by atoms with van der Waals surface area (Å²) in [5, 5.41) is 0. The number of halogens is 1. The topological polar surface area (TPSA) is 9.23 Å². The Labute approximate surface area is 136 Å². The van der Waals surface area contributed by atoms with Gasteiger partial charge < -0.3 is 4.74 Å². The molecule has 2 heteroatoms. The van der Waals surface area contributed by atoms with E-state index in [9.17, 15) is 0 Å². The summed E-state index contributed by atoms with van der Waals surface area (Å²) < 4.78 is 5.49. The zero-order valence-electron chi connectivity index (χ0n) is 13.0. The van der Waals surface area contributed by atoms with Gasteiger partial charge >= 0.3 is 0 Å². The van der Waals surface area contributed by atoms with Gasteiger partial charge in [0, 0.05) is 5.56 Å². The van der Waals surface area contributed by atoms with Crippen molar-refractivity contribution < 1.29 is 4.74 Å². The zero-order chi connectivity index (χ0) is 15.2. The largest absolute Gasteiger partial charge is 0.496 e. The summed E-state index contributed by atoms with van der Waals surface area (Å²) in [4.78, 5) is 0.160. The van der Waals surface area contributed by atoms with Gasteiger partial charge in [-0.3, -0.25) is 0 Å². The number of ether oxygens (including phenoxy) is 1. The van der Waals surface area contributed by atoms with Crippen molar-refractivity contribution in [1.29, 1.82) is 0 Å². The molecule has 0 aromatic heterocycles. The molecule has 0 amide bonds. The highest BCUT2D eigenvalue weighted by molar-refractivity contribution is 9.09. The normalized spacial score (nSPS) is 12.2. The number of hydrogen-bond donors (Lipinski definition) is 0. The van der Waals surface area contributed by atoms with Crippen molar-refractivity contribution >= 4 is 15.9 Å². The van der Waals surface area contributed by atoms with Gasteiger partial charge in [-0.15, -0.1) is 0 Å². The van der Waals surface area contributed by atoms with Crippen molar-refractivity contribution in [1.82, 2.24) is 0 Å². The van der Waals surface area contributed by atoms with E-state index in [0.29, 0.717) is 0 Å². The summed E-state index contributed by atoms with van der Waals surface area (Å²) in [7, 11) is 1.72. The van der Waals surface area contributed by atoms with Crippen LogP contribution in [0.15, 0.2) is 42.5 Å². The average molecular weight is 347 g/mol. The highest BCUT2D eigenvalue weighted by Crippen LogP contribution is 2.37. The lowest BCUT2D eigenvalue weighted by molar-refractivity contribution is 0.410. The molecule has 0 aliphatic heterocycles. The molecule has 1 atom stereocenters. The number of alkyl halides is 1. The minimum atomic E-state index is 0.160. The molecular formula is C19H23BrO. The Bertz CT molecular complexity index is 575. The maximum atomic E-state index is 5.49. The van der Waals surface area contributed by atoms with Crippen molar-refractivity contribution in [2.45, 2.75) is 37.9 Å². The first-order chi connectivity index (χ1) is 10.2. The quantitative estimate of drug-likeness (QED) is 0.597. The van der Waals surface area contributed by atoms with Gasteiger partial charge in [0.05, 0.1) is 11.9 Å². The van der Waals surface area contributed by atoms with Crippen LogP contribution >= 0.6 is 15.9 Å². The molecule has 0 spiro atoms. The molecule has 112 valence electrons. The predicted molar refractivity (Wildman–Crippen MR) is 93.6 cm³/mol. The van der Waals surface area contributed by atoms with Gasteiger partial charge in [0.2, 0.25) is 0 Å². The first-order valence-electron chi connectivity index (χ1n) is 7.53. The molecule has 0 aliphatic rings. The molecule has 0 bridgehead atoms. The van der Waals surface area contributed by atoms with Crippen LogP contribution < -0.4 is 4.74 Å². The molecule has 2 aromatic rings. The van der Waals surface area contributed by atoms with Crippen LogP contribution in [0.3, 0.4) is 0 Å². The maximum absolute atomic E-state index is 5.49. The van der Waals surface area contributed by atoms with Crippen LogP contribution in [0, 0.1) is 6.92 Å². The van der Waals surface area contributed by atoms with Crippen molar-refractivity contribution in [2.75, 3.05) is 7.11 Å². The van der Waals surface area contributed by atoms with Crippen LogP contribution in [-0.4, -0.2) is 7.11 Å². The molecular weight excluding hydrogens is 324 g/mol. The highest BCUT2D eigenvalue weighted by Gasteiger charge is 2.15. The molecule has 2 aromatic carbocycles. The van der Waals surface area contributed by atoms with E-state index in [1.807, 2.05) is 6.07 Å². The fourth-order valence-corrected chi connectivity index (χ4v) is 3.13. The lowest BCUT2D eigenvalue weighted by Gasteiger charge is -2.16. The Kier molecular flexibility index (Phi) is 5.86. The summed E-state index contributed by atoms with van der Waals surface area (Å²) in [6.07, 6.45) is 3.66. The Balaban J connectivity index is 2.23. The minimum absolute atomic E-state index is 0.160. The lowest BCUT2D eigenvalue weighted by atomic mass is 9.99. The Hall–Kier alpha value is -1.28. The molecule has 0 fully saturated rings.